The number of benzene rings is 1. The molecule has 0 radical (unpaired) electrons. The Kier molecular flexibility index (Phi) is 7.06. The number of amides is 1. The van der Waals surface area contributed by atoms with Gasteiger partial charge in [0.05, 0.1) is 23.6 Å². The summed E-state index contributed by atoms with van der Waals surface area (Å²) in [5.41, 5.74) is 4.48. The van der Waals surface area contributed by atoms with E-state index >= 15 is 0 Å². The van der Waals surface area contributed by atoms with Crippen LogP contribution in [0, 0.1) is 0 Å². The molecule has 0 aliphatic heterocycles. The van der Waals surface area contributed by atoms with Gasteiger partial charge in [-0.25, -0.2) is 0 Å². The van der Waals surface area contributed by atoms with Gasteiger partial charge in [0, 0.05) is 7.11 Å². The lowest BCUT2D eigenvalue weighted by molar-refractivity contribution is -0.137. The van der Waals surface area contributed by atoms with Crippen molar-refractivity contribution in [3.8, 4) is 5.75 Å². The van der Waals surface area contributed by atoms with Crippen LogP contribution in [-0.4, -0.2) is 42.2 Å². The first-order valence-corrected chi connectivity index (χ1v) is 8.94. The van der Waals surface area contributed by atoms with Crippen molar-refractivity contribution in [1.82, 2.24) is 10.2 Å². The summed E-state index contributed by atoms with van der Waals surface area (Å²) in [5.74, 6) is -0.462. The maximum atomic E-state index is 12.9. The predicted octanol–water partition coefficient (Wildman–Crippen LogP) is 2.90. The molecule has 0 atom stereocenters. The zero-order valence-corrected chi connectivity index (χ0v) is 15.1. The Labute approximate surface area is 155 Å². The molecule has 0 saturated heterocycles. The third-order valence-corrected chi connectivity index (χ3v) is 4.76. The Morgan fingerprint density at radius 2 is 2.12 bits per heavy atom. The summed E-state index contributed by atoms with van der Waals surface area (Å²) in [6.45, 7) is 0.381. The van der Waals surface area contributed by atoms with E-state index in [-0.39, 0.29) is 35.5 Å². The number of hydrogen-bond donors (Lipinski definition) is 2. The lowest BCUT2D eigenvalue weighted by Crippen LogP contribution is -2.16. The van der Waals surface area contributed by atoms with Crippen molar-refractivity contribution < 1.29 is 27.4 Å². The molecule has 7 nitrogen and oxygen atoms in total. The second-order valence-corrected chi connectivity index (χ2v) is 7.02. The molecule has 0 saturated carbocycles. The third-order valence-electron chi connectivity index (χ3n) is 2.87. The van der Waals surface area contributed by atoms with Crippen molar-refractivity contribution in [3.63, 3.8) is 0 Å². The molecule has 142 valence electrons. The summed E-state index contributed by atoms with van der Waals surface area (Å²) in [6, 6.07) is 2.87. The number of anilines is 2. The monoisotopic (exact) mass is 408 g/mol. The maximum absolute atomic E-state index is 12.9. The summed E-state index contributed by atoms with van der Waals surface area (Å²) in [5, 5.41) is 10.0. The molecular formula is C14H15F3N4O3S2. The Morgan fingerprint density at radius 3 is 2.73 bits per heavy atom. The molecule has 2 rings (SSSR count). The molecule has 0 aliphatic carbocycles. The molecule has 1 heterocycles. The molecule has 0 spiro atoms. The molecule has 0 aliphatic rings. The van der Waals surface area contributed by atoms with E-state index in [0.717, 1.165) is 41.3 Å². The zero-order chi connectivity index (χ0) is 19.2. The normalized spacial score (nSPS) is 11.4. The number of nitrogens with two attached hydrogens (primary N) is 1. The number of alkyl halides is 3. The van der Waals surface area contributed by atoms with Crippen molar-refractivity contribution >= 4 is 39.8 Å². The van der Waals surface area contributed by atoms with E-state index in [1.54, 1.807) is 0 Å². The number of carbonyl (C=O) groups is 1. The van der Waals surface area contributed by atoms with Crippen LogP contribution in [0.1, 0.15) is 5.56 Å². The molecule has 0 bridgehead atoms. The number of rotatable bonds is 8. The number of hydrogen-bond acceptors (Lipinski definition) is 8. The lowest BCUT2D eigenvalue weighted by Gasteiger charge is -2.15. The highest BCUT2D eigenvalue weighted by atomic mass is 32.2. The average Bonchev–Trinajstić information content (AvgIpc) is 2.99. The summed E-state index contributed by atoms with van der Waals surface area (Å²) in [4.78, 5) is 12.1. The average molecular weight is 408 g/mol. The van der Waals surface area contributed by atoms with E-state index in [4.69, 9.17) is 15.2 Å². The van der Waals surface area contributed by atoms with Gasteiger partial charge in [0.15, 0.2) is 4.34 Å². The number of nitrogens with zero attached hydrogens (tertiary/aromatic N) is 2. The highest BCUT2D eigenvalue weighted by Crippen LogP contribution is 2.35. The second kappa shape index (κ2) is 9.05. The van der Waals surface area contributed by atoms with Gasteiger partial charge in [-0.2, -0.15) is 13.2 Å². The van der Waals surface area contributed by atoms with Gasteiger partial charge in [-0.05, 0) is 18.2 Å². The predicted molar refractivity (Wildman–Crippen MR) is 92.5 cm³/mol. The van der Waals surface area contributed by atoms with Gasteiger partial charge < -0.3 is 20.5 Å². The van der Waals surface area contributed by atoms with Gasteiger partial charge in [-0.1, -0.05) is 23.1 Å². The Hall–Kier alpha value is -2.05. The van der Waals surface area contributed by atoms with Crippen molar-refractivity contribution in [2.24, 2.45) is 0 Å². The van der Waals surface area contributed by atoms with Crippen LogP contribution in [0.2, 0.25) is 0 Å². The number of halogens is 3. The van der Waals surface area contributed by atoms with E-state index < -0.39 is 17.6 Å². The van der Waals surface area contributed by atoms with Crippen LogP contribution < -0.4 is 15.8 Å². The van der Waals surface area contributed by atoms with Crippen molar-refractivity contribution in [1.29, 1.82) is 0 Å². The molecule has 1 amide bonds. The third kappa shape index (κ3) is 6.04. The largest absolute Gasteiger partial charge is 0.489 e. The van der Waals surface area contributed by atoms with Gasteiger partial charge >= 0.3 is 6.18 Å². The second-order valence-electron chi connectivity index (χ2n) is 4.79. The summed E-state index contributed by atoms with van der Waals surface area (Å²) >= 11 is 2.19. The molecule has 1 aromatic carbocycles. The topological polar surface area (TPSA) is 99.4 Å². The maximum Gasteiger partial charge on any atom is 0.416 e. The molecule has 26 heavy (non-hydrogen) atoms. The summed E-state index contributed by atoms with van der Waals surface area (Å²) < 4.78 is 49.4. The van der Waals surface area contributed by atoms with E-state index in [9.17, 15) is 18.0 Å². The fraction of sp³-hybridized carbons (Fsp3) is 0.357. The summed E-state index contributed by atoms with van der Waals surface area (Å²) in [6.07, 6.45) is -4.54. The zero-order valence-electron chi connectivity index (χ0n) is 13.5. The van der Waals surface area contributed by atoms with Crippen molar-refractivity contribution in [2.75, 3.05) is 37.1 Å². The standard InChI is InChI=1S/C14H15F3N4O3S2/c1-23-4-5-24-10-3-2-8(14(15,16)17)6-9(10)19-11(22)7-25-13-21-20-12(18)26-13/h2-3,6H,4-5,7H2,1H3,(H2,18,20)(H,19,22). The minimum atomic E-state index is -4.54. The van der Waals surface area contributed by atoms with Crippen LogP contribution in [0.5, 0.6) is 5.75 Å². The lowest BCUT2D eigenvalue weighted by atomic mass is 10.1. The minimum Gasteiger partial charge on any atom is -0.489 e. The molecular weight excluding hydrogens is 393 g/mol. The molecule has 3 N–H and O–H groups in total. The molecule has 0 fully saturated rings. The molecule has 0 unspecified atom stereocenters. The highest BCUT2D eigenvalue weighted by Gasteiger charge is 2.31. The van der Waals surface area contributed by atoms with E-state index in [1.807, 2.05) is 0 Å². The number of methoxy groups -OCH3 is 1. The van der Waals surface area contributed by atoms with E-state index in [2.05, 4.69) is 15.5 Å². The quantitative estimate of drug-likeness (QED) is 0.512. The van der Waals surface area contributed by atoms with Gasteiger partial charge in [0.1, 0.15) is 12.4 Å². The number of thioether (sulfide) groups is 1. The van der Waals surface area contributed by atoms with E-state index in [0.29, 0.717) is 4.34 Å². The number of carbonyl (C=O) groups excluding carboxylic acids is 1. The fourth-order valence-corrected chi connectivity index (χ4v) is 3.19. The van der Waals surface area contributed by atoms with Crippen LogP contribution in [0.3, 0.4) is 0 Å². The van der Waals surface area contributed by atoms with Crippen LogP contribution >= 0.6 is 23.1 Å². The molecule has 12 heteroatoms. The van der Waals surface area contributed by atoms with Gasteiger partial charge in [-0.15, -0.1) is 10.2 Å². The van der Waals surface area contributed by atoms with Gasteiger partial charge in [0.2, 0.25) is 11.0 Å². The Morgan fingerprint density at radius 1 is 1.35 bits per heavy atom. The van der Waals surface area contributed by atoms with Crippen LogP contribution in [0.15, 0.2) is 22.5 Å². The number of ether oxygens (including phenoxy) is 2. The van der Waals surface area contributed by atoms with Gasteiger partial charge in [-0.3, -0.25) is 4.79 Å². The minimum absolute atomic E-state index is 0.0671. The first kappa shape index (κ1) is 20.3. The van der Waals surface area contributed by atoms with Crippen LogP contribution in [-0.2, 0) is 15.7 Å². The highest BCUT2D eigenvalue weighted by molar-refractivity contribution is 8.01. The summed E-state index contributed by atoms with van der Waals surface area (Å²) in [7, 11) is 1.47. The van der Waals surface area contributed by atoms with Gasteiger partial charge in [0.25, 0.3) is 0 Å². The first-order valence-electron chi connectivity index (χ1n) is 7.14. The smallest absolute Gasteiger partial charge is 0.416 e. The van der Waals surface area contributed by atoms with Crippen LogP contribution in [0.25, 0.3) is 0 Å². The first-order chi connectivity index (χ1) is 12.3. The van der Waals surface area contributed by atoms with Crippen molar-refractivity contribution in [3.05, 3.63) is 23.8 Å². The Balaban J connectivity index is 2.08. The Bertz CT molecular complexity index is 755. The fourth-order valence-electron chi connectivity index (χ4n) is 1.76. The van der Waals surface area contributed by atoms with E-state index in [1.165, 1.54) is 7.11 Å². The number of nitrogen functional groups attached to an aromatic ring is 1. The van der Waals surface area contributed by atoms with Crippen molar-refractivity contribution in [2.45, 2.75) is 10.5 Å². The van der Waals surface area contributed by atoms with Crippen LogP contribution in [0.4, 0.5) is 24.0 Å². The number of nitrogens with one attached hydrogen (secondary N) is 1. The number of aromatic nitrogens is 2. The molecule has 2 aromatic rings. The SMILES string of the molecule is COCCOc1ccc(C(F)(F)F)cc1NC(=O)CSc1nnc(N)s1. The molecule has 1 aromatic heterocycles.